The Balaban J connectivity index is 1.52. The highest BCUT2D eigenvalue weighted by molar-refractivity contribution is 7.99. The van der Waals surface area contributed by atoms with Crippen LogP contribution in [-0.4, -0.2) is 34.4 Å². The smallest absolute Gasteiger partial charge is 0.338 e. The number of aryl methyl sites for hydroxylation is 1. The first-order valence-electron chi connectivity index (χ1n) is 8.14. The fraction of sp³-hybridized carbons (Fsp3) is 0.222. The van der Waals surface area contributed by atoms with Gasteiger partial charge in [0.2, 0.25) is 5.91 Å². The second kappa shape index (κ2) is 8.54. The first-order valence-corrected chi connectivity index (χ1v) is 9.13. The third kappa shape index (κ3) is 4.76. The molecule has 3 aromatic rings. The highest BCUT2D eigenvalue weighted by Crippen LogP contribution is 2.26. The van der Waals surface area contributed by atoms with Crippen molar-refractivity contribution in [3.63, 3.8) is 0 Å². The number of thioether (sulfide) groups is 1. The van der Waals surface area contributed by atoms with Gasteiger partial charge in [-0.15, -0.1) is 10.2 Å². The van der Waals surface area contributed by atoms with E-state index in [1.54, 1.807) is 50.4 Å². The predicted octanol–water partition coefficient (Wildman–Crippen LogP) is 3.55. The molecule has 0 fully saturated rings. The quantitative estimate of drug-likeness (QED) is 0.484. The molecule has 3 rings (SSSR count). The van der Waals surface area contributed by atoms with Gasteiger partial charge in [0.25, 0.3) is 11.1 Å². The van der Waals surface area contributed by atoms with Gasteiger partial charge in [0.1, 0.15) is 5.76 Å². The highest BCUT2D eigenvalue weighted by Gasteiger charge is 2.14. The third-order valence-corrected chi connectivity index (χ3v) is 4.32. The summed E-state index contributed by atoms with van der Waals surface area (Å²) in [5.41, 5.74) is 1.73. The summed E-state index contributed by atoms with van der Waals surface area (Å²) in [6.07, 6.45) is 1.54. The molecule has 0 aliphatic heterocycles. The van der Waals surface area contributed by atoms with E-state index in [1.165, 1.54) is 0 Å². The van der Waals surface area contributed by atoms with Gasteiger partial charge in [0.05, 0.1) is 29.7 Å². The van der Waals surface area contributed by atoms with E-state index < -0.39 is 5.97 Å². The molecule has 1 N–H and O–H groups in total. The van der Waals surface area contributed by atoms with Crippen LogP contribution in [0.15, 0.2) is 50.7 Å². The fourth-order valence-electron chi connectivity index (χ4n) is 2.21. The zero-order valence-corrected chi connectivity index (χ0v) is 15.5. The molecule has 140 valence electrons. The molecule has 1 amide bonds. The minimum Gasteiger partial charge on any atom is -0.469 e. The first kappa shape index (κ1) is 18.7. The Bertz CT molecular complexity index is 933. The van der Waals surface area contributed by atoms with Crippen molar-refractivity contribution in [2.75, 3.05) is 17.7 Å². The zero-order chi connectivity index (χ0) is 19.2. The van der Waals surface area contributed by atoms with E-state index in [2.05, 4.69) is 15.5 Å². The number of hydrogen-bond acceptors (Lipinski definition) is 8. The number of carbonyl (C=O) groups is 2. The number of furan rings is 1. The van der Waals surface area contributed by atoms with Gasteiger partial charge >= 0.3 is 5.97 Å². The summed E-state index contributed by atoms with van der Waals surface area (Å²) in [6.45, 7) is 3.85. The van der Waals surface area contributed by atoms with Gasteiger partial charge < -0.3 is 18.9 Å². The number of amides is 1. The molecule has 0 bridgehead atoms. The Kier molecular flexibility index (Phi) is 5.92. The van der Waals surface area contributed by atoms with Crippen molar-refractivity contribution in [2.45, 2.75) is 19.1 Å². The van der Waals surface area contributed by atoms with Gasteiger partial charge in [0.15, 0.2) is 0 Å². The maximum Gasteiger partial charge on any atom is 0.338 e. The molecule has 0 aliphatic rings. The molecular weight excluding hydrogens is 370 g/mol. The molecule has 8 nitrogen and oxygen atoms in total. The first-order chi connectivity index (χ1) is 13.1. The average molecular weight is 387 g/mol. The van der Waals surface area contributed by atoms with Crippen molar-refractivity contribution in [3.8, 4) is 11.5 Å². The second-order valence-corrected chi connectivity index (χ2v) is 6.32. The van der Waals surface area contributed by atoms with E-state index in [4.69, 9.17) is 13.6 Å². The predicted molar refractivity (Wildman–Crippen MR) is 98.5 cm³/mol. The average Bonchev–Trinajstić information content (AvgIpc) is 3.29. The number of aromatic nitrogens is 2. The minimum absolute atomic E-state index is 0.103. The van der Waals surface area contributed by atoms with Crippen molar-refractivity contribution in [3.05, 3.63) is 47.9 Å². The van der Waals surface area contributed by atoms with Crippen LogP contribution >= 0.6 is 11.8 Å². The summed E-state index contributed by atoms with van der Waals surface area (Å²) in [7, 11) is 0. The van der Waals surface area contributed by atoms with Gasteiger partial charge in [-0.1, -0.05) is 11.8 Å². The lowest BCUT2D eigenvalue weighted by atomic mass is 10.2. The molecule has 0 saturated carbocycles. The van der Waals surface area contributed by atoms with Crippen LogP contribution in [0.25, 0.3) is 11.5 Å². The molecule has 1 aromatic carbocycles. The van der Waals surface area contributed by atoms with Gasteiger partial charge in [-0.25, -0.2) is 4.79 Å². The maximum atomic E-state index is 12.1. The lowest BCUT2D eigenvalue weighted by molar-refractivity contribution is -0.113. The SMILES string of the molecule is CCOC(=O)c1ccc(NC(=O)CSc2nnc(-c3ccoc3C)o2)cc1. The topological polar surface area (TPSA) is 107 Å². The van der Waals surface area contributed by atoms with Gasteiger partial charge in [-0.3, -0.25) is 4.79 Å². The van der Waals surface area contributed by atoms with Crippen molar-refractivity contribution >= 4 is 29.3 Å². The lowest BCUT2D eigenvalue weighted by Gasteiger charge is -2.05. The molecule has 0 radical (unpaired) electrons. The van der Waals surface area contributed by atoms with Crippen LogP contribution in [0.5, 0.6) is 0 Å². The monoisotopic (exact) mass is 387 g/mol. The molecule has 2 aromatic heterocycles. The highest BCUT2D eigenvalue weighted by atomic mass is 32.2. The fourth-order valence-corrected chi connectivity index (χ4v) is 2.78. The number of carbonyl (C=O) groups excluding carboxylic acids is 2. The summed E-state index contributed by atoms with van der Waals surface area (Å²) in [5.74, 6) is 0.498. The normalized spacial score (nSPS) is 10.6. The van der Waals surface area contributed by atoms with Crippen molar-refractivity contribution in [2.24, 2.45) is 0 Å². The summed E-state index contributed by atoms with van der Waals surface area (Å²) >= 11 is 1.13. The summed E-state index contributed by atoms with van der Waals surface area (Å²) < 4.78 is 15.6. The van der Waals surface area contributed by atoms with Crippen LogP contribution in [0.1, 0.15) is 23.0 Å². The van der Waals surface area contributed by atoms with Gasteiger partial charge in [0, 0.05) is 5.69 Å². The number of esters is 1. The van der Waals surface area contributed by atoms with Crippen molar-refractivity contribution < 1.29 is 23.2 Å². The molecule has 0 aliphatic carbocycles. The van der Waals surface area contributed by atoms with Gasteiger partial charge in [-0.05, 0) is 44.2 Å². The van der Waals surface area contributed by atoms with E-state index in [0.717, 1.165) is 17.3 Å². The number of hydrogen-bond donors (Lipinski definition) is 1. The molecular formula is C18H17N3O5S. The van der Waals surface area contributed by atoms with E-state index in [0.29, 0.717) is 34.7 Å². The summed E-state index contributed by atoms with van der Waals surface area (Å²) in [6, 6.07) is 8.21. The number of nitrogens with one attached hydrogen (secondary N) is 1. The third-order valence-electron chi connectivity index (χ3n) is 3.50. The Morgan fingerprint density at radius 3 is 2.63 bits per heavy atom. The van der Waals surface area contributed by atoms with E-state index >= 15 is 0 Å². The number of anilines is 1. The number of nitrogens with zero attached hydrogens (tertiary/aromatic N) is 2. The van der Waals surface area contributed by atoms with Crippen molar-refractivity contribution in [1.82, 2.24) is 10.2 Å². The molecule has 0 spiro atoms. The maximum absolute atomic E-state index is 12.1. The van der Waals surface area contributed by atoms with Crippen LogP contribution in [0.2, 0.25) is 0 Å². The Labute approximate surface area is 159 Å². The number of ether oxygens (including phenoxy) is 1. The Morgan fingerprint density at radius 1 is 1.19 bits per heavy atom. The molecule has 2 heterocycles. The summed E-state index contributed by atoms with van der Waals surface area (Å²) in [5, 5.41) is 10.9. The van der Waals surface area contributed by atoms with Crippen LogP contribution < -0.4 is 5.32 Å². The van der Waals surface area contributed by atoms with Crippen LogP contribution in [0, 0.1) is 6.92 Å². The minimum atomic E-state index is -0.397. The summed E-state index contributed by atoms with van der Waals surface area (Å²) in [4.78, 5) is 23.7. The largest absolute Gasteiger partial charge is 0.469 e. The van der Waals surface area contributed by atoms with Crippen LogP contribution in [-0.2, 0) is 9.53 Å². The van der Waals surface area contributed by atoms with Crippen LogP contribution in [0.4, 0.5) is 5.69 Å². The van der Waals surface area contributed by atoms with E-state index in [1.807, 2.05) is 0 Å². The Hall–Kier alpha value is -3.07. The second-order valence-electron chi connectivity index (χ2n) is 5.40. The van der Waals surface area contributed by atoms with Crippen LogP contribution in [0.3, 0.4) is 0 Å². The van der Waals surface area contributed by atoms with E-state index in [-0.39, 0.29) is 11.7 Å². The number of rotatable bonds is 7. The molecule has 0 saturated heterocycles. The lowest BCUT2D eigenvalue weighted by Crippen LogP contribution is -2.14. The zero-order valence-electron chi connectivity index (χ0n) is 14.7. The standard InChI is InChI=1S/C18H17N3O5S/c1-3-24-17(23)12-4-6-13(7-5-12)19-15(22)10-27-18-21-20-16(26-18)14-8-9-25-11(14)2/h4-9H,3,10H2,1-2H3,(H,19,22). The molecule has 27 heavy (non-hydrogen) atoms. The number of benzene rings is 1. The molecule has 0 unspecified atom stereocenters. The van der Waals surface area contributed by atoms with Crippen molar-refractivity contribution in [1.29, 1.82) is 0 Å². The Morgan fingerprint density at radius 2 is 1.96 bits per heavy atom. The molecule has 0 atom stereocenters. The van der Waals surface area contributed by atoms with Gasteiger partial charge in [-0.2, -0.15) is 0 Å². The van der Waals surface area contributed by atoms with E-state index in [9.17, 15) is 9.59 Å². The molecule has 9 heteroatoms.